The molecule has 0 heterocycles. The summed E-state index contributed by atoms with van der Waals surface area (Å²) in [6.07, 6.45) is 11.8. The van der Waals surface area contributed by atoms with E-state index in [0.717, 1.165) is 18.3 Å². The van der Waals surface area contributed by atoms with Gasteiger partial charge in [0, 0.05) is 6.04 Å². The van der Waals surface area contributed by atoms with Gasteiger partial charge in [0.25, 0.3) is 0 Å². The molecule has 1 aromatic carbocycles. The number of nitrogens with two attached hydrogens (primary N) is 1. The topological polar surface area (TPSA) is 26.0 Å². The third-order valence-electron chi connectivity index (χ3n) is 5.64. The molecule has 0 bridgehead atoms. The summed E-state index contributed by atoms with van der Waals surface area (Å²) >= 11 is 0. The van der Waals surface area contributed by atoms with E-state index in [9.17, 15) is 0 Å². The van der Waals surface area contributed by atoms with E-state index in [1.165, 1.54) is 56.9 Å². The van der Waals surface area contributed by atoms with Crippen LogP contribution in [-0.4, -0.2) is 6.04 Å². The molecule has 1 heteroatoms. The summed E-state index contributed by atoms with van der Waals surface area (Å²) in [5.41, 5.74) is 11.2. The Morgan fingerprint density at radius 2 is 2.00 bits per heavy atom. The van der Waals surface area contributed by atoms with Crippen molar-refractivity contribution in [1.82, 2.24) is 0 Å². The molecule has 2 aliphatic rings. The lowest BCUT2D eigenvalue weighted by atomic mass is 9.76. The van der Waals surface area contributed by atoms with Gasteiger partial charge >= 0.3 is 0 Å². The SMILES string of the molecule is CCC1CCCC(C(N)Cc2ccc3c(c2)CCC3)C1. The van der Waals surface area contributed by atoms with Crippen LogP contribution in [0.1, 0.15) is 62.1 Å². The summed E-state index contributed by atoms with van der Waals surface area (Å²) in [4.78, 5) is 0. The van der Waals surface area contributed by atoms with Gasteiger partial charge in [0.15, 0.2) is 0 Å². The van der Waals surface area contributed by atoms with Gasteiger partial charge in [-0.15, -0.1) is 0 Å². The summed E-state index contributed by atoms with van der Waals surface area (Å²) < 4.78 is 0. The molecular weight excluding hydrogens is 242 g/mol. The highest BCUT2D eigenvalue weighted by Gasteiger charge is 2.25. The van der Waals surface area contributed by atoms with Gasteiger partial charge in [0.2, 0.25) is 0 Å². The maximum atomic E-state index is 6.54. The third kappa shape index (κ3) is 3.09. The van der Waals surface area contributed by atoms with Crippen LogP contribution in [-0.2, 0) is 19.3 Å². The van der Waals surface area contributed by atoms with E-state index < -0.39 is 0 Å². The van der Waals surface area contributed by atoms with Crippen molar-refractivity contribution in [2.75, 3.05) is 0 Å². The Kier molecular flexibility index (Phi) is 4.45. The number of hydrogen-bond donors (Lipinski definition) is 1. The zero-order chi connectivity index (χ0) is 13.9. The molecule has 1 fully saturated rings. The highest BCUT2D eigenvalue weighted by molar-refractivity contribution is 5.35. The average Bonchev–Trinajstić information content (AvgIpc) is 2.95. The molecule has 2 N–H and O–H groups in total. The number of hydrogen-bond acceptors (Lipinski definition) is 1. The quantitative estimate of drug-likeness (QED) is 0.870. The summed E-state index contributed by atoms with van der Waals surface area (Å²) in [5.74, 6) is 1.68. The first-order valence-electron chi connectivity index (χ1n) is 8.62. The number of aryl methyl sites for hydroxylation is 2. The minimum absolute atomic E-state index is 0.365. The Balaban J connectivity index is 1.62. The van der Waals surface area contributed by atoms with Crippen molar-refractivity contribution >= 4 is 0 Å². The van der Waals surface area contributed by atoms with Crippen molar-refractivity contribution in [2.45, 2.75) is 70.8 Å². The molecule has 3 rings (SSSR count). The fourth-order valence-corrected chi connectivity index (χ4v) is 4.28. The Labute approximate surface area is 124 Å². The molecule has 0 saturated heterocycles. The van der Waals surface area contributed by atoms with E-state index in [1.807, 2.05) is 0 Å². The Morgan fingerprint density at radius 3 is 2.85 bits per heavy atom. The van der Waals surface area contributed by atoms with E-state index in [4.69, 9.17) is 5.73 Å². The fourth-order valence-electron chi connectivity index (χ4n) is 4.28. The van der Waals surface area contributed by atoms with Gasteiger partial charge in [-0.3, -0.25) is 0 Å². The summed E-state index contributed by atoms with van der Waals surface area (Å²) in [7, 11) is 0. The normalized spacial score (nSPS) is 27.3. The molecule has 0 amide bonds. The Hall–Kier alpha value is -0.820. The van der Waals surface area contributed by atoms with Gasteiger partial charge in [-0.2, -0.15) is 0 Å². The second kappa shape index (κ2) is 6.30. The second-order valence-corrected chi connectivity index (χ2v) is 7.03. The zero-order valence-electron chi connectivity index (χ0n) is 12.9. The van der Waals surface area contributed by atoms with Crippen LogP contribution in [0.25, 0.3) is 0 Å². The van der Waals surface area contributed by atoms with Crippen LogP contribution >= 0.6 is 0 Å². The van der Waals surface area contributed by atoms with Crippen LogP contribution < -0.4 is 5.73 Å². The first-order chi connectivity index (χ1) is 9.76. The van der Waals surface area contributed by atoms with E-state index in [0.29, 0.717) is 6.04 Å². The van der Waals surface area contributed by atoms with Crippen LogP contribution in [0.15, 0.2) is 18.2 Å². The first-order valence-corrected chi connectivity index (χ1v) is 8.62. The Bertz CT molecular complexity index is 451. The number of fused-ring (bicyclic) bond motifs is 1. The van der Waals surface area contributed by atoms with Crippen LogP contribution in [0.2, 0.25) is 0 Å². The molecule has 110 valence electrons. The maximum absolute atomic E-state index is 6.54. The molecule has 1 saturated carbocycles. The molecule has 1 nitrogen and oxygen atoms in total. The third-order valence-corrected chi connectivity index (χ3v) is 5.64. The van der Waals surface area contributed by atoms with Gasteiger partial charge in [0.1, 0.15) is 0 Å². The minimum Gasteiger partial charge on any atom is -0.327 e. The van der Waals surface area contributed by atoms with Crippen LogP contribution in [0.3, 0.4) is 0 Å². The highest BCUT2D eigenvalue weighted by atomic mass is 14.7. The van der Waals surface area contributed by atoms with Gasteiger partial charge in [-0.1, -0.05) is 44.4 Å². The van der Waals surface area contributed by atoms with Crippen molar-refractivity contribution in [3.05, 3.63) is 34.9 Å². The van der Waals surface area contributed by atoms with Gasteiger partial charge in [-0.25, -0.2) is 0 Å². The van der Waals surface area contributed by atoms with Crippen LogP contribution in [0, 0.1) is 11.8 Å². The lowest BCUT2D eigenvalue weighted by Crippen LogP contribution is -2.35. The molecule has 1 aromatic rings. The first kappa shape index (κ1) is 14.1. The highest BCUT2D eigenvalue weighted by Crippen LogP contribution is 2.33. The molecule has 0 aromatic heterocycles. The van der Waals surface area contributed by atoms with Gasteiger partial charge in [0.05, 0.1) is 0 Å². The van der Waals surface area contributed by atoms with Crippen molar-refractivity contribution in [2.24, 2.45) is 17.6 Å². The zero-order valence-corrected chi connectivity index (χ0v) is 12.9. The molecule has 20 heavy (non-hydrogen) atoms. The van der Waals surface area contributed by atoms with Crippen LogP contribution in [0.4, 0.5) is 0 Å². The van der Waals surface area contributed by atoms with Crippen molar-refractivity contribution < 1.29 is 0 Å². The standard InChI is InChI=1S/C19H29N/c1-2-14-5-3-8-18(11-14)19(20)13-15-9-10-16-6-4-7-17(16)12-15/h9-10,12,14,18-19H,2-8,11,13,20H2,1H3. The van der Waals surface area contributed by atoms with Crippen molar-refractivity contribution in [3.63, 3.8) is 0 Å². The summed E-state index contributed by atoms with van der Waals surface area (Å²) in [6.45, 7) is 2.33. The van der Waals surface area contributed by atoms with Crippen LogP contribution in [0.5, 0.6) is 0 Å². The molecule has 0 aliphatic heterocycles. The minimum atomic E-state index is 0.365. The molecule has 3 unspecified atom stereocenters. The average molecular weight is 271 g/mol. The number of rotatable bonds is 4. The van der Waals surface area contributed by atoms with E-state index in [-0.39, 0.29) is 0 Å². The Morgan fingerprint density at radius 1 is 1.15 bits per heavy atom. The molecule has 0 spiro atoms. The fraction of sp³-hybridized carbons (Fsp3) is 0.684. The molecule has 2 aliphatic carbocycles. The summed E-state index contributed by atoms with van der Waals surface area (Å²) in [5, 5.41) is 0. The monoisotopic (exact) mass is 271 g/mol. The lowest BCUT2D eigenvalue weighted by Gasteiger charge is -2.32. The maximum Gasteiger partial charge on any atom is 0.0108 e. The van der Waals surface area contributed by atoms with Gasteiger partial charge < -0.3 is 5.73 Å². The van der Waals surface area contributed by atoms with E-state index >= 15 is 0 Å². The van der Waals surface area contributed by atoms with E-state index in [2.05, 4.69) is 25.1 Å². The molecule has 0 radical (unpaired) electrons. The number of benzene rings is 1. The lowest BCUT2D eigenvalue weighted by molar-refractivity contribution is 0.228. The van der Waals surface area contributed by atoms with E-state index in [1.54, 1.807) is 11.1 Å². The van der Waals surface area contributed by atoms with Gasteiger partial charge in [-0.05, 0) is 67.1 Å². The van der Waals surface area contributed by atoms with Crippen molar-refractivity contribution in [1.29, 1.82) is 0 Å². The molecular formula is C19H29N. The smallest absolute Gasteiger partial charge is 0.0108 e. The largest absolute Gasteiger partial charge is 0.327 e. The predicted molar refractivity (Wildman–Crippen MR) is 85.9 cm³/mol. The second-order valence-electron chi connectivity index (χ2n) is 7.03. The van der Waals surface area contributed by atoms with Crippen molar-refractivity contribution in [3.8, 4) is 0 Å². The molecule has 3 atom stereocenters. The predicted octanol–water partition coefficient (Wildman–Crippen LogP) is 4.26. The summed E-state index contributed by atoms with van der Waals surface area (Å²) in [6, 6.07) is 7.47.